The molecule has 0 unspecified atom stereocenters. The van der Waals surface area contributed by atoms with Crippen molar-refractivity contribution < 1.29 is 0 Å². The summed E-state index contributed by atoms with van der Waals surface area (Å²) in [6.45, 7) is 5.63. The molecule has 1 saturated carbocycles. The van der Waals surface area contributed by atoms with Crippen molar-refractivity contribution in [1.29, 1.82) is 0 Å². The van der Waals surface area contributed by atoms with Crippen molar-refractivity contribution in [2.75, 3.05) is 12.8 Å². The van der Waals surface area contributed by atoms with E-state index in [4.69, 9.17) is 0 Å². The minimum absolute atomic E-state index is 0.0142. The summed E-state index contributed by atoms with van der Waals surface area (Å²) in [6.07, 6.45) is 4.74. The van der Waals surface area contributed by atoms with Gasteiger partial charge in [-0.15, -0.1) is 11.3 Å². The van der Waals surface area contributed by atoms with E-state index in [1.165, 1.54) is 17.7 Å². The van der Waals surface area contributed by atoms with Crippen molar-refractivity contribution in [2.24, 2.45) is 0 Å². The molecule has 6 heteroatoms. The van der Waals surface area contributed by atoms with Crippen LogP contribution in [0.4, 0.5) is 0 Å². The predicted octanol–water partition coefficient (Wildman–Crippen LogP) is 2.59. The van der Waals surface area contributed by atoms with Crippen LogP contribution in [-0.2, 0) is 6.54 Å². The van der Waals surface area contributed by atoms with Gasteiger partial charge in [0.15, 0.2) is 0 Å². The molecule has 0 spiro atoms. The molecular formula is C14H19N3OS2. The average Bonchev–Trinajstić information content (AvgIpc) is 3.12. The van der Waals surface area contributed by atoms with E-state index in [1.807, 2.05) is 25.6 Å². The lowest BCUT2D eigenvalue weighted by Gasteiger charge is -2.12. The van der Waals surface area contributed by atoms with E-state index in [1.54, 1.807) is 11.3 Å². The van der Waals surface area contributed by atoms with Crippen molar-refractivity contribution >= 4 is 33.3 Å². The number of nitrogens with zero attached hydrogens (tertiary/aromatic N) is 1. The molecule has 20 heavy (non-hydrogen) atoms. The minimum atomic E-state index is -0.0142. The predicted molar refractivity (Wildman–Crippen MR) is 86.9 cm³/mol. The topological polar surface area (TPSA) is 57.8 Å². The molecule has 0 aromatic carbocycles. The highest BCUT2D eigenvalue weighted by Gasteiger charge is 2.41. The van der Waals surface area contributed by atoms with Crippen molar-refractivity contribution in [3.8, 4) is 0 Å². The quantitative estimate of drug-likeness (QED) is 0.891. The zero-order valence-electron chi connectivity index (χ0n) is 12.0. The Kier molecular flexibility index (Phi) is 3.64. The van der Waals surface area contributed by atoms with Gasteiger partial charge in [0.1, 0.15) is 10.7 Å². The Labute approximate surface area is 126 Å². The highest BCUT2D eigenvalue weighted by atomic mass is 32.2. The van der Waals surface area contributed by atoms with E-state index < -0.39 is 0 Å². The highest BCUT2D eigenvalue weighted by Crippen LogP contribution is 2.46. The van der Waals surface area contributed by atoms with Gasteiger partial charge in [-0.05, 0) is 38.5 Å². The Morgan fingerprint density at radius 2 is 2.20 bits per heavy atom. The number of thioether (sulfide) groups is 1. The fourth-order valence-electron chi connectivity index (χ4n) is 2.38. The number of nitrogens with one attached hydrogen (secondary N) is 2. The molecule has 2 N–H and O–H groups in total. The van der Waals surface area contributed by atoms with Crippen LogP contribution in [0.2, 0.25) is 0 Å². The Bertz CT molecular complexity index is 700. The smallest absolute Gasteiger partial charge is 0.259 e. The van der Waals surface area contributed by atoms with Gasteiger partial charge in [-0.3, -0.25) is 4.79 Å². The van der Waals surface area contributed by atoms with Gasteiger partial charge in [0, 0.05) is 16.2 Å². The van der Waals surface area contributed by atoms with E-state index in [0.29, 0.717) is 11.3 Å². The van der Waals surface area contributed by atoms with E-state index >= 15 is 0 Å². The minimum Gasteiger partial charge on any atom is -0.309 e. The van der Waals surface area contributed by atoms with Gasteiger partial charge >= 0.3 is 0 Å². The summed E-state index contributed by atoms with van der Waals surface area (Å²) in [5.74, 6) is 0.737. The Hall–Kier alpha value is -0.850. The zero-order chi connectivity index (χ0) is 14.3. The van der Waals surface area contributed by atoms with Crippen LogP contribution in [0.5, 0.6) is 0 Å². The molecule has 1 fully saturated rings. The molecule has 4 nitrogen and oxygen atoms in total. The van der Waals surface area contributed by atoms with Crippen molar-refractivity contribution in [3.05, 3.63) is 26.6 Å². The second-order valence-electron chi connectivity index (χ2n) is 5.47. The van der Waals surface area contributed by atoms with Crippen LogP contribution in [-0.4, -0.2) is 27.5 Å². The standard InChI is InChI=1S/C14H19N3OS2/c1-8-9(2)20-13-11(8)12(18)16-10(17-13)6-15-7-14(19-3)4-5-14/h15H,4-7H2,1-3H3,(H,16,17,18). The Balaban J connectivity index is 1.77. The molecule has 0 amide bonds. The van der Waals surface area contributed by atoms with Crippen molar-refractivity contribution in [3.63, 3.8) is 0 Å². The summed E-state index contributed by atoms with van der Waals surface area (Å²) in [4.78, 5) is 21.6. The molecule has 3 rings (SSSR count). The number of H-pyrrole nitrogens is 1. The van der Waals surface area contributed by atoms with Crippen LogP contribution >= 0.6 is 23.1 Å². The number of thiophene rings is 1. The second-order valence-corrected chi connectivity index (χ2v) is 7.94. The second kappa shape index (κ2) is 5.16. The maximum Gasteiger partial charge on any atom is 0.259 e. The van der Waals surface area contributed by atoms with E-state index in [-0.39, 0.29) is 5.56 Å². The first-order valence-corrected chi connectivity index (χ1v) is 8.83. The van der Waals surface area contributed by atoms with Gasteiger partial charge in [-0.25, -0.2) is 4.98 Å². The highest BCUT2D eigenvalue weighted by molar-refractivity contribution is 8.00. The van der Waals surface area contributed by atoms with E-state index in [0.717, 1.165) is 28.1 Å². The maximum atomic E-state index is 12.1. The summed E-state index contributed by atoms with van der Waals surface area (Å²) in [5, 5.41) is 4.17. The van der Waals surface area contributed by atoms with Gasteiger partial charge in [-0.1, -0.05) is 0 Å². The van der Waals surface area contributed by atoms with Gasteiger partial charge in [0.05, 0.1) is 11.9 Å². The molecule has 108 valence electrons. The van der Waals surface area contributed by atoms with Gasteiger partial charge in [-0.2, -0.15) is 11.8 Å². The van der Waals surface area contributed by atoms with Crippen LogP contribution in [0.3, 0.4) is 0 Å². The fourth-order valence-corrected chi connectivity index (χ4v) is 4.19. The lowest BCUT2D eigenvalue weighted by Crippen LogP contribution is -2.27. The molecule has 0 radical (unpaired) electrons. The molecule has 0 aliphatic heterocycles. The number of rotatable bonds is 5. The van der Waals surface area contributed by atoms with Crippen molar-refractivity contribution in [2.45, 2.75) is 38.0 Å². The number of hydrogen-bond acceptors (Lipinski definition) is 5. The van der Waals surface area contributed by atoms with Crippen LogP contribution in [0, 0.1) is 13.8 Å². The largest absolute Gasteiger partial charge is 0.309 e. The summed E-state index contributed by atoms with van der Waals surface area (Å²) in [5.41, 5.74) is 1.04. The van der Waals surface area contributed by atoms with E-state index in [9.17, 15) is 4.79 Å². The van der Waals surface area contributed by atoms with Crippen molar-refractivity contribution in [1.82, 2.24) is 15.3 Å². The number of fused-ring (bicyclic) bond motifs is 1. The summed E-state index contributed by atoms with van der Waals surface area (Å²) in [7, 11) is 0. The maximum absolute atomic E-state index is 12.1. The third-order valence-corrected chi connectivity index (χ3v) is 6.59. The number of hydrogen-bond donors (Lipinski definition) is 2. The van der Waals surface area contributed by atoms with Crippen LogP contribution in [0.15, 0.2) is 4.79 Å². The van der Waals surface area contributed by atoms with Gasteiger partial charge in [0.2, 0.25) is 0 Å². The third kappa shape index (κ3) is 2.52. The number of aromatic amines is 1. The molecule has 0 saturated heterocycles. The molecule has 2 aromatic rings. The Morgan fingerprint density at radius 3 is 2.85 bits per heavy atom. The molecule has 0 atom stereocenters. The van der Waals surface area contributed by atoms with Gasteiger partial charge in [0.25, 0.3) is 5.56 Å². The third-order valence-electron chi connectivity index (χ3n) is 4.07. The molecule has 1 aliphatic carbocycles. The first-order chi connectivity index (χ1) is 9.54. The van der Waals surface area contributed by atoms with Crippen LogP contribution in [0.25, 0.3) is 10.2 Å². The lowest BCUT2D eigenvalue weighted by atomic mass is 10.2. The van der Waals surface area contributed by atoms with Crippen LogP contribution < -0.4 is 10.9 Å². The molecule has 0 bridgehead atoms. The SMILES string of the molecule is CSC1(CNCc2nc3sc(C)c(C)c3c(=O)[nH]2)CC1. The first-order valence-electron chi connectivity index (χ1n) is 6.79. The summed E-state index contributed by atoms with van der Waals surface area (Å²) >= 11 is 3.53. The first kappa shape index (κ1) is 14.1. The zero-order valence-corrected chi connectivity index (χ0v) is 13.6. The van der Waals surface area contributed by atoms with Gasteiger partial charge < -0.3 is 10.3 Å². The monoisotopic (exact) mass is 309 g/mol. The Morgan fingerprint density at radius 1 is 1.45 bits per heavy atom. The molecule has 2 heterocycles. The lowest BCUT2D eigenvalue weighted by molar-refractivity contribution is 0.640. The normalized spacial score (nSPS) is 16.8. The summed E-state index contributed by atoms with van der Waals surface area (Å²) in [6, 6.07) is 0. The summed E-state index contributed by atoms with van der Waals surface area (Å²) < 4.78 is 0.431. The molecule has 1 aliphatic rings. The average molecular weight is 309 g/mol. The van der Waals surface area contributed by atoms with E-state index in [2.05, 4.69) is 21.5 Å². The van der Waals surface area contributed by atoms with Crippen LogP contribution in [0.1, 0.15) is 29.1 Å². The molecular weight excluding hydrogens is 290 g/mol. The molecule has 2 aromatic heterocycles. The number of aromatic nitrogens is 2. The fraction of sp³-hybridized carbons (Fsp3) is 0.571. The number of aryl methyl sites for hydroxylation is 2.